The number of nitrogens with one attached hydrogen (secondary N) is 2. The number of nitrogens with zero attached hydrogens (tertiary/aromatic N) is 3. The number of carbonyl (C=O) groups is 1. The monoisotopic (exact) mass is 319 g/mol. The van der Waals surface area contributed by atoms with Gasteiger partial charge in [0.1, 0.15) is 12.4 Å². The molecule has 126 valence electrons. The normalized spacial score (nSPS) is 18.7. The second kappa shape index (κ2) is 8.97. The second-order valence-electron chi connectivity index (χ2n) is 5.45. The Kier molecular flexibility index (Phi) is 6.65. The van der Waals surface area contributed by atoms with E-state index in [9.17, 15) is 4.79 Å². The van der Waals surface area contributed by atoms with E-state index < -0.39 is 0 Å². The summed E-state index contributed by atoms with van der Waals surface area (Å²) >= 11 is 0. The molecule has 2 rings (SSSR count). The Hall–Kier alpha value is -2.31. The van der Waals surface area contributed by atoms with Crippen LogP contribution in [0.5, 0.6) is 5.75 Å². The molecule has 23 heavy (non-hydrogen) atoms. The van der Waals surface area contributed by atoms with Gasteiger partial charge in [-0.15, -0.1) is 0 Å². The molecule has 0 saturated carbocycles. The summed E-state index contributed by atoms with van der Waals surface area (Å²) in [5, 5.41) is 6.61. The number of ether oxygens (including phenoxy) is 1. The number of likely N-dealkylation sites (N-methyl/N-ethyl adjacent to an activating group) is 1. The first-order valence-electron chi connectivity index (χ1n) is 8.00. The van der Waals surface area contributed by atoms with Gasteiger partial charge in [0.25, 0.3) is 0 Å². The van der Waals surface area contributed by atoms with Gasteiger partial charge in [-0.3, -0.25) is 9.78 Å². The highest BCUT2D eigenvalue weighted by Crippen LogP contribution is 2.09. The van der Waals surface area contributed by atoms with Gasteiger partial charge < -0.3 is 20.3 Å². The molecule has 0 spiro atoms. The molecular weight excluding hydrogens is 294 g/mol. The number of rotatable bonds is 6. The summed E-state index contributed by atoms with van der Waals surface area (Å²) in [6.07, 6.45) is 4.81. The van der Waals surface area contributed by atoms with Crippen molar-refractivity contribution in [2.75, 3.05) is 33.3 Å². The fraction of sp³-hybridized carbons (Fsp3) is 0.562. The third-order valence-electron chi connectivity index (χ3n) is 3.58. The van der Waals surface area contributed by atoms with Gasteiger partial charge in [-0.1, -0.05) is 0 Å². The van der Waals surface area contributed by atoms with Crippen LogP contribution in [0.1, 0.15) is 19.8 Å². The smallest absolute Gasteiger partial charge is 0.222 e. The van der Waals surface area contributed by atoms with Crippen molar-refractivity contribution in [3.63, 3.8) is 0 Å². The molecule has 1 atom stereocenters. The number of aliphatic imine (C=N–C) groups is 1. The molecular formula is C16H25N5O2. The average Bonchev–Trinajstić information content (AvgIpc) is 2.56. The summed E-state index contributed by atoms with van der Waals surface area (Å²) in [7, 11) is 1.84. The molecule has 1 aliphatic rings. The fourth-order valence-corrected chi connectivity index (χ4v) is 2.40. The van der Waals surface area contributed by atoms with Crippen LogP contribution in [0.2, 0.25) is 0 Å². The molecule has 1 aliphatic heterocycles. The molecule has 0 aromatic carbocycles. The molecule has 7 heteroatoms. The van der Waals surface area contributed by atoms with Crippen LogP contribution in [-0.2, 0) is 4.79 Å². The van der Waals surface area contributed by atoms with Crippen molar-refractivity contribution in [2.45, 2.75) is 25.8 Å². The molecule has 2 heterocycles. The van der Waals surface area contributed by atoms with Crippen molar-refractivity contribution < 1.29 is 9.53 Å². The fourth-order valence-electron chi connectivity index (χ4n) is 2.40. The zero-order chi connectivity index (χ0) is 16.5. The van der Waals surface area contributed by atoms with Crippen molar-refractivity contribution in [1.82, 2.24) is 20.5 Å². The molecule has 1 fully saturated rings. The predicted molar refractivity (Wildman–Crippen MR) is 89.5 cm³/mol. The number of aromatic nitrogens is 1. The van der Waals surface area contributed by atoms with Crippen LogP contribution in [0.4, 0.5) is 0 Å². The molecule has 1 aromatic rings. The molecule has 1 aromatic heterocycles. The minimum Gasteiger partial charge on any atom is -0.490 e. The van der Waals surface area contributed by atoms with E-state index in [4.69, 9.17) is 4.74 Å². The van der Waals surface area contributed by atoms with Crippen LogP contribution in [0.25, 0.3) is 0 Å². The lowest BCUT2D eigenvalue weighted by Gasteiger charge is -2.31. The lowest BCUT2D eigenvalue weighted by Crippen LogP contribution is -2.51. The third-order valence-corrected chi connectivity index (χ3v) is 3.58. The molecule has 0 radical (unpaired) electrons. The maximum atomic E-state index is 11.5. The molecule has 1 saturated heterocycles. The van der Waals surface area contributed by atoms with E-state index in [-0.39, 0.29) is 11.9 Å². The predicted octanol–water partition coefficient (Wildman–Crippen LogP) is 0.636. The first-order chi connectivity index (χ1) is 11.2. The van der Waals surface area contributed by atoms with Crippen molar-refractivity contribution >= 4 is 11.9 Å². The Balaban J connectivity index is 1.79. The Labute approximate surface area is 137 Å². The lowest BCUT2D eigenvalue weighted by molar-refractivity contribution is -0.132. The average molecular weight is 319 g/mol. The van der Waals surface area contributed by atoms with Crippen LogP contribution >= 0.6 is 0 Å². The number of hydrogen-bond acceptors (Lipinski definition) is 4. The summed E-state index contributed by atoms with van der Waals surface area (Å²) in [6.45, 7) is 4.56. The largest absolute Gasteiger partial charge is 0.490 e. The number of hydrogen-bond donors (Lipinski definition) is 2. The van der Waals surface area contributed by atoms with Crippen LogP contribution in [0.3, 0.4) is 0 Å². The Bertz CT molecular complexity index is 520. The number of pyridine rings is 1. The van der Waals surface area contributed by atoms with Crippen molar-refractivity contribution in [3.8, 4) is 5.75 Å². The van der Waals surface area contributed by atoms with Gasteiger partial charge in [0, 0.05) is 38.8 Å². The minimum absolute atomic E-state index is 0.204. The lowest BCUT2D eigenvalue weighted by atomic mass is 10.1. The molecule has 0 bridgehead atoms. The zero-order valence-corrected chi connectivity index (χ0v) is 13.8. The van der Waals surface area contributed by atoms with Crippen molar-refractivity contribution in [1.29, 1.82) is 0 Å². The van der Waals surface area contributed by atoms with E-state index in [1.165, 1.54) is 0 Å². The van der Waals surface area contributed by atoms with Gasteiger partial charge in [-0.05, 0) is 25.5 Å². The van der Waals surface area contributed by atoms with E-state index in [0.29, 0.717) is 26.1 Å². The molecule has 1 unspecified atom stereocenters. The summed E-state index contributed by atoms with van der Waals surface area (Å²) in [5.74, 6) is 1.71. The topological polar surface area (TPSA) is 78.9 Å². The number of amides is 1. The number of guanidine groups is 1. The number of carbonyl (C=O) groups excluding carboxylic acids is 1. The first kappa shape index (κ1) is 17.1. The Morgan fingerprint density at radius 3 is 3.13 bits per heavy atom. The summed E-state index contributed by atoms with van der Waals surface area (Å²) in [5.41, 5.74) is 0. The molecule has 2 N–H and O–H groups in total. The minimum atomic E-state index is 0.204. The van der Waals surface area contributed by atoms with Crippen molar-refractivity contribution in [2.24, 2.45) is 4.99 Å². The van der Waals surface area contributed by atoms with E-state index >= 15 is 0 Å². The standard InChI is InChI=1S/C16H25N5O2/c1-3-18-16(20-13-6-7-15(22)21(2)12-13)19-9-10-23-14-5-4-8-17-11-14/h4-5,8,11,13H,3,6-7,9-10,12H2,1-2H3,(H2,18,19,20). The first-order valence-corrected chi connectivity index (χ1v) is 8.00. The Morgan fingerprint density at radius 2 is 2.43 bits per heavy atom. The quantitative estimate of drug-likeness (QED) is 0.457. The second-order valence-corrected chi connectivity index (χ2v) is 5.45. The van der Waals surface area contributed by atoms with Gasteiger partial charge in [-0.2, -0.15) is 0 Å². The van der Waals surface area contributed by atoms with E-state index in [1.807, 2.05) is 26.1 Å². The maximum absolute atomic E-state index is 11.5. The van der Waals surface area contributed by atoms with E-state index in [0.717, 1.165) is 24.7 Å². The summed E-state index contributed by atoms with van der Waals surface area (Å²) in [4.78, 5) is 21.8. The number of likely N-dealkylation sites (tertiary alicyclic amines) is 1. The van der Waals surface area contributed by atoms with Gasteiger partial charge in [-0.25, -0.2) is 4.99 Å². The van der Waals surface area contributed by atoms with Gasteiger partial charge in [0.2, 0.25) is 5.91 Å². The highest BCUT2D eigenvalue weighted by molar-refractivity contribution is 5.81. The van der Waals surface area contributed by atoms with Gasteiger partial charge >= 0.3 is 0 Å². The number of piperidine rings is 1. The van der Waals surface area contributed by atoms with Crippen LogP contribution in [0, 0.1) is 0 Å². The highest BCUT2D eigenvalue weighted by atomic mass is 16.5. The van der Waals surface area contributed by atoms with Gasteiger partial charge in [0.15, 0.2) is 5.96 Å². The molecule has 1 amide bonds. The van der Waals surface area contributed by atoms with Crippen molar-refractivity contribution in [3.05, 3.63) is 24.5 Å². The maximum Gasteiger partial charge on any atom is 0.222 e. The molecule has 7 nitrogen and oxygen atoms in total. The van der Waals surface area contributed by atoms with Crippen LogP contribution in [0.15, 0.2) is 29.5 Å². The third kappa shape index (κ3) is 5.77. The van der Waals surface area contributed by atoms with E-state index in [2.05, 4.69) is 20.6 Å². The summed E-state index contributed by atoms with van der Waals surface area (Å²) in [6, 6.07) is 3.94. The summed E-state index contributed by atoms with van der Waals surface area (Å²) < 4.78 is 5.58. The van der Waals surface area contributed by atoms with E-state index in [1.54, 1.807) is 17.3 Å². The van der Waals surface area contributed by atoms with Crippen LogP contribution < -0.4 is 15.4 Å². The SMILES string of the molecule is CCNC(=NCCOc1cccnc1)NC1CCC(=O)N(C)C1. The van der Waals surface area contributed by atoms with Gasteiger partial charge in [0.05, 0.1) is 12.7 Å². The van der Waals surface area contributed by atoms with Crippen LogP contribution in [-0.4, -0.2) is 61.1 Å². The molecule has 0 aliphatic carbocycles. The Morgan fingerprint density at radius 1 is 1.57 bits per heavy atom. The highest BCUT2D eigenvalue weighted by Gasteiger charge is 2.23. The zero-order valence-electron chi connectivity index (χ0n) is 13.8.